The summed E-state index contributed by atoms with van der Waals surface area (Å²) in [7, 11) is 0. The Bertz CT molecular complexity index is 955. The molecule has 0 radical (unpaired) electrons. The van der Waals surface area contributed by atoms with Gasteiger partial charge in [0.05, 0.1) is 23.0 Å². The Morgan fingerprint density at radius 1 is 1.07 bits per heavy atom. The number of nitrogens with zero attached hydrogens (tertiary/aromatic N) is 3. The third kappa shape index (κ3) is 4.62. The number of carbonyl (C=O) groups excluding carboxylic acids is 1. The summed E-state index contributed by atoms with van der Waals surface area (Å²) in [6, 6.07) is 20.7. The maximum Gasteiger partial charge on any atom is 0.223 e. The van der Waals surface area contributed by atoms with Crippen molar-refractivity contribution in [2.75, 3.05) is 12.3 Å². The van der Waals surface area contributed by atoms with Gasteiger partial charge in [-0.1, -0.05) is 68.3 Å². The zero-order valence-electron chi connectivity index (χ0n) is 17.5. The third-order valence-corrected chi connectivity index (χ3v) is 6.82. The van der Waals surface area contributed by atoms with Gasteiger partial charge in [-0.3, -0.25) is 4.79 Å². The number of amides is 1. The van der Waals surface area contributed by atoms with Crippen LogP contribution in [0.4, 0.5) is 0 Å². The Hall–Kier alpha value is -2.53. The number of benzene rings is 2. The van der Waals surface area contributed by atoms with Gasteiger partial charge in [0.1, 0.15) is 0 Å². The number of carbonyl (C=O) groups is 1. The summed E-state index contributed by atoms with van der Waals surface area (Å²) in [6.45, 7) is 3.03. The lowest BCUT2D eigenvalue weighted by molar-refractivity contribution is -0.131. The molecule has 0 bridgehead atoms. The van der Waals surface area contributed by atoms with Crippen LogP contribution >= 0.6 is 11.8 Å². The average molecular weight is 420 g/mol. The van der Waals surface area contributed by atoms with Gasteiger partial charge in [0.25, 0.3) is 0 Å². The molecule has 156 valence electrons. The van der Waals surface area contributed by atoms with E-state index in [-0.39, 0.29) is 5.37 Å². The molecule has 1 aliphatic rings. The molecular formula is C25H29N3OS. The number of hydrogen-bond acceptors (Lipinski definition) is 3. The summed E-state index contributed by atoms with van der Waals surface area (Å²) in [4.78, 5) is 14.9. The summed E-state index contributed by atoms with van der Waals surface area (Å²) >= 11 is 1.89. The minimum atomic E-state index is 0.190. The highest BCUT2D eigenvalue weighted by Gasteiger charge is 2.30. The molecule has 1 unspecified atom stereocenters. The molecule has 0 spiro atoms. The molecule has 4 nitrogen and oxygen atoms in total. The molecule has 4 rings (SSSR count). The van der Waals surface area contributed by atoms with Gasteiger partial charge < -0.3 is 4.90 Å². The van der Waals surface area contributed by atoms with E-state index in [1.807, 2.05) is 46.9 Å². The van der Waals surface area contributed by atoms with E-state index < -0.39 is 0 Å². The van der Waals surface area contributed by atoms with E-state index in [0.29, 0.717) is 12.3 Å². The molecule has 1 atom stereocenters. The van der Waals surface area contributed by atoms with Crippen LogP contribution < -0.4 is 0 Å². The van der Waals surface area contributed by atoms with Crippen LogP contribution in [0.2, 0.25) is 0 Å². The predicted molar refractivity (Wildman–Crippen MR) is 125 cm³/mol. The van der Waals surface area contributed by atoms with Crippen LogP contribution in [-0.2, 0) is 11.2 Å². The first-order chi connectivity index (χ1) is 14.8. The van der Waals surface area contributed by atoms with Gasteiger partial charge >= 0.3 is 0 Å². The standard InChI is InChI=1S/C25H29N3OS/c1-2-3-6-15-23(29)27-16-17-30-24(27)18-21-19-26-28(22-13-9-5-10-14-22)25(21)20-11-7-4-8-12-20/h4-5,7-14,19,24H,2-3,6,15-18H2,1H3. The first kappa shape index (κ1) is 20.7. The molecule has 3 aromatic rings. The zero-order chi connectivity index (χ0) is 20.8. The SMILES string of the molecule is CCCCCC(=O)N1CCSC1Cc1cnn(-c2ccccc2)c1-c1ccccc1. The lowest BCUT2D eigenvalue weighted by Gasteiger charge is -2.24. The normalized spacial score (nSPS) is 16.2. The van der Waals surface area contributed by atoms with Crippen molar-refractivity contribution in [3.8, 4) is 16.9 Å². The topological polar surface area (TPSA) is 38.1 Å². The lowest BCUT2D eigenvalue weighted by Crippen LogP contribution is -2.35. The first-order valence-electron chi connectivity index (χ1n) is 10.9. The molecule has 0 aliphatic carbocycles. The molecule has 2 heterocycles. The summed E-state index contributed by atoms with van der Waals surface area (Å²) < 4.78 is 2.03. The van der Waals surface area contributed by atoms with Gasteiger partial charge in [-0.2, -0.15) is 5.10 Å². The van der Waals surface area contributed by atoms with E-state index >= 15 is 0 Å². The number of aromatic nitrogens is 2. The van der Waals surface area contributed by atoms with Crippen molar-refractivity contribution in [3.05, 3.63) is 72.4 Å². The average Bonchev–Trinajstić information content (AvgIpc) is 3.42. The second-order valence-corrected chi connectivity index (χ2v) is 8.99. The monoisotopic (exact) mass is 419 g/mol. The maximum atomic E-state index is 12.8. The summed E-state index contributed by atoms with van der Waals surface area (Å²) in [5, 5.41) is 4.93. The molecule has 1 aliphatic heterocycles. The second-order valence-electron chi connectivity index (χ2n) is 7.71. The van der Waals surface area contributed by atoms with E-state index in [1.54, 1.807) is 0 Å². The van der Waals surface area contributed by atoms with Gasteiger partial charge in [-0.15, -0.1) is 11.8 Å². The largest absolute Gasteiger partial charge is 0.330 e. The van der Waals surface area contributed by atoms with Crippen LogP contribution in [0.15, 0.2) is 66.9 Å². The van der Waals surface area contributed by atoms with Crippen molar-refractivity contribution in [3.63, 3.8) is 0 Å². The minimum absolute atomic E-state index is 0.190. The van der Waals surface area contributed by atoms with E-state index in [2.05, 4.69) is 48.2 Å². The first-order valence-corrected chi connectivity index (χ1v) is 11.9. The van der Waals surface area contributed by atoms with Crippen LogP contribution in [-0.4, -0.2) is 38.3 Å². The minimum Gasteiger partial charge on any atom is -0.330 e. The van der Waals surface area contributed by atoms with Gasteiger partial charge in [0.2, 0.25) is 5.91 Å². The van der Waals surface area contributed by atoms with Gasteiger partial charge in [-0.25, -0.2) is 4.68 Å². The van der Waals surface area contributed by atoms with Crippen molar-refractivity contribution in [1.82, 2.24) is 14.7 Å². The van der Waals surface area contributed by atoms with Crippen LogP contribution in [0.1, 0.15) is 38.2 Å². The van der Waals surface area contributed by atoms with Crippen LogP contribution in [0.5, 0.6) is 0 Å². The van der Waals surface area contributed by atoms with Gasteiger partial charge in [-0.05, 0) is 18.6 Å². The van der Waals surface area contributed by atoms with E-state index in [9.17, 15) is 4.79 Å². The highest BCUT2D eigenvalue weighted by Crippen LogP contribution is 2.33. The second kappa shape index (κ2) is 9.98. The number of thioether (sulfide) groups is 1. The zero-order valence-corrected chi connectivity index (χ0v) is 18.4. The van der Waals surface area contributed by atoms with Crippen molar-refractivity contribution in [2.24, 2.45) is 0 Å². The molecular weight excluding hydrogens is 390 g/mol. The Labute approximate surface area is 183 Å². The van der Waals surface area contributed by atoms with Crippen LogP contribution in [0.3, 0.4) is 0 Å². The fourth-order valence-corrected chi connectivity index (χ4v) is 5.31. The fraction of sp³-hybridized carbons (Fsp3) is 0.360. The van der Waals surface area contributed by atoms with Crippen LogP contribution in [0.25, 0.3) is 16.9 Å². The van der Waals surface area contributed by atoms with Crippen molar-refractivity contribution >= 4 is 17.7 Å². The molecule has 1 saturated heterocycles. The van der Waals surface area contributed by atoms with E-state index in [0.717, 1.165) is 54.9 Å². The van der Waals surface area contributed by atoms with Gasteiger partial charge in [0, 0.05) is 36.3 Å². The summed E-state index contributed by atoms with van der Waals surface area (Å²) in [5.41, 5.74) is 4.51. The Balaban J connectivity index is 1.61. The third-order valence-electron chi connectivity index (χ3n) is 5.59. The van der Waals surface area contributed by atoms with E-state index in [4.69, 9.17) is 5.10 Å². The fourth-order valence-electron chi connectivity index (χ4n) is 4.03. The number of para-hydroxylation sites is 1. The van der Waals surface area contributed by atoms with Crippen molar-refractivity contribution < 1.29 is 4.79 Å². The van der Waals surface area contributed by atoms with Crippen molar-refractivity contribution in [2.45, 2.75) is 44.4 Å². The molecule has 0 saturated carbocycles. The van der Waals surface area contributed by atoms with Gasteiger partial charge in [0.15, 0.2) is 0 Å². The molecule has 30 heavy (non-hydrogen) atoms. The highest BCUT2D eigenvalue weighted by atomic mass is 32.2. The summed E-state index contributed by atoms with van der Waals surface area (Å²) in [5.74, 6) is 1.31. The summed E-state index contributed by atoms with van der Waals surface area (Å²) in [6.07, 6.45) is 6.73. The number of rotatable bonds is 8. The molecule has 2 aromatic carbocycles. The van der Waals surface area contributed by atoms with E-state index in [1.165, 1.54) is 5.56 Å². The Morgan fingerprint density at radius 2 is 1.80 bits per heavy atom. The maximum absolute atomic E-state index is 12.8. The molecule has 1 fully saturated rings. The number of unbranched alkanes of at least 4 members (excludes halogenated alkanes) is 2. The Morgan fingerprint density at radius 3 is 2.53 bits per heavy atom. The number of hydrogen-bond donors (Lipinski definition) is 0. The molecule has 1 aromatic heterocycles. The highest BCUT2D eigenvalue weighted by molar-refractivity contribution is 8.00. The molecule has 5 heteroatoms. The quantitative estimate of drug-likeness (QED) is 0.448. The Kier molecular flexibility index (Phi) is 6.90. The molecule has 1 amide bonds. The predicted octanol–water partition coefficient (Wildman–Crippen LogP) is 5.56. The lowest BCUT2D eigenvalue weighted by atomic mass is 10.0. The van der Waals surface area contributed by atoms with Crippen LogP contribution in [0, 0.1) is 0 Å². The van der Waals surface area contributed by atoms with Crippen molar-refractivity contribution in [1.29, 1.82) is 0 Å². The molecule has 0 N–H and O–H groups in total. The smallest absolute Gasteiger partial charge is 0.223 e.